The third-order valence-electron chi connectivity index (χ3n) is 4.26. The molecule has 3 rings (SSSR count). The molecule has 0 amide bonds. The van der Waals surface area contributed by atoms with E-state index in [9.17, 15) is 13.2 Å². The number of carbonyl (C=O) groups is 1. The summed E-state index contributed by atoms with van der Waals surface area (Å²) < 4.78 is 33.3. The number of benzene rings is 1. The van der Waals surface area contributed by atoms with Gasteiger partial charge in [0.05, 0.1) is 23.4 Å². The molecule has 150 valence electrons. The van der Waals surface area contributed by atoms with Crippen molar-refractivity contribution in [2.45, 2.75) is 25.2 Å². The van der Waals surface area contributed by atoms with Gasteiger partial charge in [-0.1, -0.05) is 6.07 Å². The van der Waals surface area contributed by atoms with Crippen LogP contribution in [0.15, 0.2) is 59.8 Å². The number of aryl methyl sites for hydroxylation is 1. The van der Waals surface area contributed by atoms with Gasteiger partial charge in [0.25, 0.3) is 10.0 Å². The molecule has 1 aromatic carbocycles. The van der Waals surface area contributed by atoms with Crippen molar-refractivity contribution in [2.75, 3.05) is 11.8 Å². The number of pyridine rings is 2. The number of carbonyl (C=O) groups excluding carboxylic acids is 1. The zero-order valence-electron chi connectivity index (χ0n) is 16.3. The number of hydrogen-bond acceptors (Lipinski definition) is 6. The second kappa shape index (κ2) is 8.40. The first-order chi connectivity index (χ1) is 13.8. The summed E-state index contributed by atoms with van der Waals surface area (Å²) in [6.45, 7) is 3.23. The molecule has 7 nitrogen and oxygen atoms in total. The van der Waals surface area contributed by atoms with E-state index in [-0.39, 0.29) is 17.1 Å². The Labute approximate surface area is 169 Å². The number of hydrogen-bond donors (Lipinski definition) is 1. The van der Waals surface area contributed by atoms with Crippen molar-refractivity contribution in [3.05, 3.63) is 66.2 Å². The van der Waals surface area contributed by atoms with E-state index in [2.05, 4.69) is 14.7 Å². The smallest absolute Gasteiger partial charge is 0.262 e. The lowest BCUT2D eigenvalue weighted by Gasteiger charge is -2.13. The first-order valence-electron chi connectivity index (χ1n) is 8.87. The van der Waals surface area contributed by atoms with Crippen molar-refractivity contribution >= 4 is 21.5 Å². The molecule has 0 fully saturated rings. The molecule has 0 bridgehead atoms. The van der Waals surface area contributed by atoms with Gasteiger partial charge in [0.1, 0.15) is 11.5 Å². The lowest BCUT2D eigenvalue weighted by molar-refractivity contribution is -0.116. The SMILES string of the molecule is COc1cccc(S(=O)(=O)Nc2cc(-c3ccnc(CC(C)=O)c3)cnc2C)c1. The molecule has 0 saturated heterocycles. The monoisotopic (exact) mass is 411 g/mol. The molecule has 0 saturated carbocycles. The predicted molar refractivity (Wildman–Crippen MR) is 110 cm³/mol. The van der Waals surface area contributed by atoms with E-state index in [4.69, 9.17) is 4.74 Å². The summed E-state index contributed by atoms with van der Waals surface area (Å²) in [4.78, 5) is 20.0. The van der Waals surface area contributed by atoms with Crippen molar-refractivity contribution in [2.24, 2.45) is 0 Å². The zero-order chi connectivity index (χ0) is 21.0. The van der Waals surface area contributed by atoms with Gasteiger partial charge in [-0.05, 0) is 49.7 Å². The molecule has 2 aromatic heterocycles. The maximum atomic E-state index is 12.8. The number of methoxy groups -OCH3 is 1. The standard InChI is InChI=1S/C21H21N3O4S/c1-14(25)9-18-10-16(7-8-22-18)17-11-21(15(2)23-13-17)24-29(26,27)20-6-4-5-19(12-20)28-3/h4-8,10-13,24H,9H2,1-3H3. The van der Waals surface area contributed by atoms with Gasteiger partial charge in [-0.25, -0.2) is 8.42 Å². The van der Waals surface area contributed by atoms with Crippen LogP contribution in [0.25, 0.3) is 11.1 Å². The van der Waals surface area contributed by atoms with E-state index < -0.39 is 10.0 Å². The van der Waals surface area contributed by atoms with E-state index in [0.29, 0.717) is 28.4 Å². The molecule has 0 radical (unpaired) electrons. The maximum absolute atomic E-state index is 12.8. The predicted octanol–water partition coefficient (Wildman–Crippen LogP) is 3.39. The van der Waals surface area contributed by atoms with Crippen LogP contribution in [0, 0.1) is 6.92 Å². The van der Waals surface area contributed by atoms with Crippen LogP contribution >= 0.6 is 0 Å². The minimum atomic E-state index is -3.82. The summed E-state index contributed by atoms with van der Waals surface area (Å²) in [5.41, 5.74) is 3.07. The van der Waals surface area contributed by atoms with Crippen LogP contribution in [0.5, 0.6) is 5.75 Å². The molecular weight excluding hydrogens is 390 g/mol. The first-order valence-corrected chi connectivity index (χ1v) is 10.3. The molecule has 29 heavy (non-hydrogen) atoms. The van der Waals surface area contributed by atoms with Crippen LogP contribution in [-0.4, -0.2) is 31.3 Å². The summed E-state index contributed by atoms with van der Waals surface area (Å²) in [6.07, 6.45) is 3.52. The number of sulfonamides is 1. The number of ether oxygens (including phenoxy) is 1. The number of ketones is 1. The molecular formula is C21H21N3O4S. The average molecular weight is 411 g/mol. The van der Waals surface area contributed by atoms with Gasteiger partial charge in [-0.2, -0.15) is 0 Å². The minimum Gasteiger partial charge on any atom is -0.497 e. The van der Waals surface area contributed by atoms with E-state index >= 15 is 0 Å². The molecule has 2 heterocycles. The topological polar surface area (TPSA) is 98.3 Å². The molecule has 8 heteroatoms. The number of aromatic nitrogens is 2. The van der Waals surface area contributed by atoms with Crippen molar-refractivity contribution in [1.29, 1.82) is 0 Å². The Hall–Kier alpha value is -3.26. The number of nitrogens with zero attached hydrogens (tertiary/aromatic N) is 2. The van der Waals surface area contributed by atoms with Crippen LogP contribution in [-0.2, 0) is 21.2 Å². The molecule has 0 atom stereocenters. The van der Waals surface area contributed by atoms with E-state index in [1.807, 2.05) is 0 Å². The Kier molecular flexibility index (Phi) is 5.93. The Morgan fingerprint density at radius 2 is 1.90 bits per heavy atom. The number of Topliss-reactive ketones (excluding diaryl/α,β-unsaturated/α-hetero) is 1. The fourth-order valence-corrected chi connectivity index (χ4v) is 3.92. The molecule has 0 aliphatic rings. The van der Waals surface area contributed by atoms with Crippen LogP contribution in [0.2, 0.25) is 0 Å². The Bertz CT molecular complexity index is 1160. The van der Waals surface area contributed by atoms with Gasteiger partial charge < -0.3 is 4.74 Å². The molecule has 0 aliphatic heterocycles. The quantitative estimate of drug-likeness (QED) is 0.640. The van der Waals surface area contributed by atoms with Gasteiger partial charge in [-0.15, -0.1) is 0 Å². The Morgan fingerprint density at radius 3 is 2.62 bits per heavy atom. The highest BCUT2D eigenvalue weighted by Gasteiger charge is 2.17. The summed E-state index contributed by atoms with van der Waals surface area (Å²) in [6, 6.07) is 11.5. The fourth-order valence-electron chi connectivity index (χ4n) is 2.78. The molecule has 3 aromatic rings. The van der Waals surface area contributed by atoms with Crippen LogP contribution in [0.1, 0.15) is 18.3 Å². The maximum Gasteiger partial charge on any atom is 0.262 e. The lowest BCUT2D eigenvalue weighted by Crippen LogP contribution is -2.14. The zero-order valence-corrected chi connectivity index (χ0v) is 17.2. The highest BCUT2D eigenvalue weighted by Crippen LogP contribution is 2.27. The van der Waals surface area contributed by atoms with Crippen LogP contribution < -0.4 is 9.46 Å². The minimum absolute atomic E-state index is 0.0171. The average Bonchev–Trinajstić information content (AvgIpc) is 2.69. The second-order valence-electron chi connectivity index (χ2n) is 6.56. The highest BCUT2D eigenvalue weighted by atomic mass is 32.2. The van der Waals surface area contributed by atoms with Gasteiger partial charge in [0, 0.05) is 36.1 Å². The van der Waals surface area contributed by atoms with Crippen LogP contribution in [0.4, 0.5) is 5.69 Å². The Balaban J connectivity index is 1.94. The number of nitrogens with one attached hydrogen (secondary N) is 1. The van der Waals surface area contributed by atoms with Gasteiger partial charge >= 0.3 is 0 Å². The van der Waals surface area contributed by atoms with E-state index in [0.717, 1.165) is 5.56 Å². The molecule has 0 spiro atoms. The summed E-state index contributed by atoms with van der Waals surface area (Å²) in [5.74, 6) is 0.467. The largest absolute Gasteiger partial charge is 0.497 e. The summed E-state index contributed by atoms with van der Waals surface area (Å²) >= 11 is 0. The first kappa shape index (κ1) is 20.5. The number of anilines is 1. The normalized spacial score (nSPS) is 11.1. The van der Waals surface area contributed by atoms with Crippen molar-refractivity contribution in [1.82, 2.24) is 9.97 Å². The van der Waals surface area contributed by atoms with Crippen molar-refractivity contribution in [3.8, 4) is 16.9 Å². The van der Waals surface area contributed by atoms with E-state index in [1.54, 1.807) is 49.6 Å². The molecule has 0 unspecified atom stereocenters. The fraction of sp³-hybridized carbons (Fsp3) is 0.190. The third kappa shape index (κ3) is 4.97. The highest BCUT2D eigenvalue weighted by molar-refractivity contribution is 7.92. The van der Waals surface area contributed by atoms with Crippen molar-refractivity contribution in [3.63, 3.8) is 0 Å². The molecule has 0 aliphatic carbocycles. The Morgan fingerprint density at radius 1 is 1.10 bits per heavy atom. The second-order valence-corrected chi connectivity index (χ2v) is 8.24. The third-order valence-corrected chi connectivity index (χ3v) is 5.63. The molecule has 1 N–H and O–H groups in total. The lowest BCUT2D eigenvalue weighted by atomic mass is 10.1. The van der Waals surface area contributed by atoms with Gasteiger partial charge in [0.2, 0.25) is 0 Å². The number of rotatable bonds is 7. The van der Waals surface area contributed by atoms with E-state index in [1.165, 1.54) is 26.2 Å². The summed E-state index contributed by atoms with van der Waals surface area (Å²) in [7, 11) is -2.34. The van der Waals surface area contributed by atoms with Gasteiger partial charge in [-0.3, -0.25) is 19.5 Å². The van der Waals surface area contributed by atoms with Gasteiger partial charge in [0.15, 0.2) is 0 Å². The summed E-state index contributed by atoms with van der Waals surface area (Å²) in [5, 5.41) is 0. The van der Waals surface area contributed by atoms with Crippen LogP contribution in [0.3, 0.4) is 0 Å². The van der Waals surface area contributed by atoms with Crippen molar-refractivity contribution < 1.29 is 17.9 Å².